The number of nitrogens with zero attached hydrogens (tertiary/aromatic N) is 1. The van der Waals surface area contributed by atoms with Gasteiger partial charge in [-0.1, -0.05) is 6.08 Å². The first kappa shape index (κ1) is 6.77. The molecule has 11 heavy (non-hydrogen) atoms. The van der Waals surface area contributed by atoms with Crippen molar-refractivity contribution < 1.29 is 0 Å². The highest BCUT2D eigenvalue weighted by atomic mass is 15.2. The molecule has 0 bridgehead atoms. The Hall–Kier alpha value is -0.920. The number of nitrogens with one attached hydrogen (secondary N) is 1. The molecule has 0 saturated carbocycles. The smallest absolute Gasteiger partial charge is 0.102 e. The summed E-state index contributed by atoms with van der Waals surface area (Å²) < 4.78 is 0. The van der Waals surface area contributed by atoms with Gasteiger partial charge in [-0.25, -0.2) is 0 Å². The molecule has 2 aliphatic rings. The van der Waals surface area contributed by atoms with Crippen molar-refractivity contribution in [2.45, 2.75) is 12.8 Å². The lowest BCUT2D eigenvalue weighted by Gasteiger charge is -2.23. The maximum atomic E-state index is 3.31. The molecule has 1 fully saturated rings. The van der Waals surface area contributed by atoms with E-state index in [1.165, 1.54) is 31.8 Å². The Morgan fingerprint density at radius 2 is 2.18 bits per heavy atom. The van der Waals surface area contributed by atoms with Gasteiger partial charge in [-0.3, -0.25) is 0 Å². The molecule has 2 heterocycles. The van der Waals surface area contributed by atoms with E-state index in [-0.39, 0.29) is 0 Å². The molecule has 2 heteroatoms. The van der Waals surface area contributed by atoms with Crippen molar-refractivity contribution in [3.63, 3.8) is 0 Å². The van der Waals surface area contributed by atoms with Gasteiger partial charge in [0.05, 0.1) is 0 Å². The number of hydrogen-bond donors (Lipinski definition) is 1. The molecule has 1 radical (unpaired) electrons. The van der Waals surface area contributed by atoms with Crippen LogP contribution < -0.4 is 5.32 Å². The Bertz CT molecular complexity index is 188. The highest BCUT2D eigenvalue weighted by molar-refractivity contribution is 5.13. The zero-order valence-corrected chi connectivity index (χ0v) is 6.64. The van der Waals surface area contributed by atoms with Gasteiger partial charge in [0.25, 0.3) is 0 Å². The molecule has 0 amide bonds. The summed E-state index contributed by atoms with van der Waals surface area (Å²) in [6.07, 6.45) is 9.89. The minimum absolute atomic E-state index is 0.863. The van der Waals surface area contributed by atoms with Crippen LogP contribution in [-0.2, 0) is 0 Å². The topological polar surface area (TPSA) is 15.3 Å². The predicted molar refractivity (Wildman–Crippen MR) is 44.7 cm³/mol. The van der Waals surface area contributed by atoms with Crippen molar-refractivity contribution in [2.24, 2.45) is 0 Å². The van der Waals surface area contributed by atoms with Crippen molar-refractivity contribution in [1.29, 1.82) is 0 Å². The van der Waals surface area contributed by atoms with Crippen LogP contribution >= 0.6 is 0 Å². The van der Waals surface area contributed by atoms with Gasteiger partial charge in [-0.2, -0.15) is 0 Å². The summed E-state index contributed by atoms with van der Waals surface area (Å²) in [7, 11) is 0. The third-order valence-corrected chi connectivity index (χ3v) is 2.18. The van der Waals surface area contributed by atoms with Gasteiger partial charge in [0.15, 0.2) is 0 Å². The lowest BCUT2D eigenvalue weighted by molar-refractivity contribution is 0.393. The average molecular weight is 149 g/mol. The molecular formula is C9H13N2. The summed E-state index contributed by atoms with van der Waals surface area (Å²) in [4.78, 5) is 2.40. The van der Waals surface area contributed by atoms with E-state index in [1.807, 2.05) is 6.08 Å². The van der Waals surface area contributed by atoms with Crippen LogP contribution in [0.5, 0.6) is 0 Å². The maximum Gasteiger partial charge on any atom is 0.102 e. The molecule has 0 aromatic rings. The quantitative estimate of drug-likeness (QED) is 0.595. The van der Waals surface area contributed by atoms with E-state index < -0.39 is 0 Å². The van der Waals surface area contributed by atoms with E-state index in [2.05, 4.69) is 22.4 Å². The summed E-state index contributed by atoms with van der Waals surface area (Å²) in [5.74, 6) is 1.28. The third-order valence-electron chi connectivity index (χ3n) is 2.18. The molecular weight excluding hydrogens is 136 g/mol. The number of allylic oxidation sites excluding steroid dienone is 2. The molecule has 59 valence electrons. The van der Waals surface area contributed by atoms with Crippen LogP contribution in [0.2, 0.25) is 0 Å². The SMILES string of the molecule is [C]1=CC=C(N2CCCC2)NC1. The molecule has 2 nitrogen and oxygen atoms in total. The monoisotopic (exact) mass is 149 g/mol. The van der Waals surface area contributed by atoms with Gasteiger partial charge >= 0.3 is 0 Å². The molecule has 0 aliphatic carbocycles. The van der Waals surface area contributed by atoms with Crippen LogP contribution in [0.1, 0.15) is 12.8 Å². The zero-order chi connectivity index (χ0) is 7.52. The first-order valence-electron chi connectivity index (χ1n) is 4.22. The lowest BCUT2D eigenvalue weighted by atomic mass is 10.3. The lowest BCUT2D eigenvalue weighted by Crippen LogP contribution is -2.30. The van der Waals surface area contributed by atoms with Gasteiger partial charge in [0.1, 0.15) is 5.82 Å². The Labute approximate surface area is 67.6 Å². The second kappa shape index (κ2) is 2.99. The highest BCUT2D eigenvalue weighted by Gasteiger charge is 2.14. The van der Waals surface area contributed by atoms with Crippen molar-refractivity contribution in [1.82, 2.24) is 10.2 Å². The van der Waals surface area contributed by atoms with Crippen LogP contribution in [0.3, 0.4) is 0 Å². The van der Waals surface area contributed by atoms with Crippen LogP contribution in [0.4, 0.5) is 0 Å². The number of dihydropyridines is 1. The molecule has 0 aromatic carbocycles. The van der Waals surface area contributed by atoms with Crippen molar-refractivity contribution in [2.75, 3.05) is 19.6 Å². The molecule has 0 aromatic heterocycles. The first-order valence-corrected chi connectivity index (χ1v) is 4.22. The summed E-state index contributed by atoms with van der Waals surface area (Å²) in [5, 5.41) is 3.31. The summed E-state index contributed by atoms with van der Waals surface area (Å²) >= 11 is 0. The standard InChI is InChI=1S/C9H13N2/c1-2-6-10-9(5-1)11-7-3-4-8-11/h1,5,10H,3-4,6-8H2. The number of likely N-dealkylation sites (tertiary alicyclic amines) is 1. The Morgan fingerprint density at radius 3 is 2.82 bits per heavy atom. The highest BCUT2D eigenvalue weighted by Crippen LogP contribution is 2.13. The number of hydrogen-bond acceptors (Lipinski definition) is 2. The van der Waals surface area contributed by atoms with Crippen LogP contribution in [-0.4, -0.2) is 24.5 Å². The van der Waals surface area contributed by atoms with E-state index >= 15 is 0 Å². The van der Waals surface area contributed by atoms with Gasteiger partial charge in [0.2, 0.25) is 0 Å². The van der Waals surface area contributed by atoms with E-state index in [0.29, 0.717) is 0 Å². The molecule has 2 aliphatic heterocycles. The zero-order valence-electron chi connectivity index (χ0n) is 6.64. The average Bonchev–Trinajstić information content (AvgIpc) is 2.58. The fourth-order valence-corrected chi connectivity index (χ4v) is 1.57. The van der Waals surface area contributed by atoms with Crippen LogP contribution in [0, 0.1) is 6.08 Å². The second-order valence-corrected chi connectivity index (χ2v) is 2.97. The Kier molecular flexibility index (Phi) is 1.84. The summed E-state index contributed by atoms with van der Waals surface area (Å²) in [5.41, 5.74) is 0. The van der Waals surface area contributed by atoms with Gasteiger partial charge in [-0.15, -0.1) is 0 Å². The second-order valence-electron chi connectivity index (χ2n) is 2.97. The molecule has 0 atom stereocenters. The van der Waals surface area contributed by atoms with E-state index in [0.717, 1.165) is 6.54 Å². The third kappa shape index (κ3) is 1.39. The van der Waals surface area contributed by atoms with Gasteiger partial charge in [-0.05, 0) is 25.0 Å². The Morgan fingerprint density at radius 1 is 1.36 bits per heavy atom. The largest absolute Gasteiger partial charge is 0.368 e. The van der Waals surface area contributed by atoms with Crippen molar-refractivity contribution in [3.05, 3.63) is 24.0 Å². The first-order chi connectivity index (χ1) is 5.47. The summed E-state index contributed by atoms with van der Waals surface area (Å²) in [6, 6.07) is 0. The van der Waals surface area contributed by atoms with Crippen LogP contribution in [0.15, 0.2) is 18.0 Å². The van der Waals surface area contributed by atoms with Gasteiger partial charge in [0, 0.05) is 19.6 Å². The van der Waals surface area contributed by atoms with E-state index in [1.54, 1.807) is 0 Å². The van der Waals surface area contributed by atoms with E-state index in [9.17, 15) is 0 Å². The van der Waals surface area contributed by atoms with Crippen molar-refractivity contribution in [3.8, 4) is 0 Å². The molecule has 0 spiro atoms. The van der Waals surface area contributed by atoms with Crippen molar-refractivity contribution >= 4 is 0 Å². The molecule has 0 unspecified atom stereocenters. The fraction of sp³-hybridized carbons (Fsp3) is 0.556. The van der Waals surface area contributed by atoms with Crippen LogP contribution in [0.25, 0.3) is 0 Å². The van der Waals surface area contributed by atoms with Gasteiger partial charge < -0.3 is 10.2 Å². The molecule has 1 saturated heterocycles. The Balaban J connectivity index is 2.02. The molecule has 1 N–H and O–H groups in total. The number of rotatable bonds is 1. The molecule has 2 rings (SSSR count). The normalized spacial score (nSPS) is 23.3. The maximum absolute atomic E-state index is 3.31. The minimum Gasteiger partial charge on any atom is -0.368 e. The minimum atomic E-state index is 0.863. The summed E-state index contributed by atoms with van der Waals surface area (Å²) in [6.45, 7) is 3.29. The fourth-order valence-electron chi connectivity index (χ4n) is 1.57. The van der Waals surface area contributed by atoms with E-state index in [4.69, 9.17) is 0 Å². The predicted octanol–water partition coefficient (Wildman–Crippen LogP) is 0.886.